The molecule has 6 heteroatoms. The van der Waals surface area contributed by atoms with Gasteiger partial charge in [-0.2, -0.15) is 0 Å². The lowest BCUT2D eigenvalue weighted by Gasteiger charge is -2.18. The number of rotatable bonds is 5. The summed E-state index contributed by atoms with van der Waals surface area (Å²) >= 11 is 0. The van der Waals surface area contributed by atoms with Crippen LogP contribution in [-0.4, -0.2) is 43.1 Å². The number of ether oxygens (including phenoxy) is 3. The summed E-state index contributed by atoms with van der Waals surface area (Å²) in [4.78, 5) is 15.4. The summed E-state index contributed by atoms with van der Waals surface area (Å²) < 4.78 is 16.7. The smallest absolute Gasteiger partial charge is 0.232 e. The number of fused-ring (bicyclic) bond motifs is 1. The molecular formula is C23H25NO5. The van der Waals surface area contributed by atoms with Crippen LogP contribution in [0.4, 0.5) is 0 Å². The van der Waals surface area contributed by atoms with Crippen molar-refractivity contribution in [3.05, 3.63) is 52.3 Å². The number of nitrogens with zero attached hydrogens (tertiary/aromatic N) is 1. The molecule has 1 N–H and O–H groups in total. The molecule has 0 unspecified atom stereocenters. The molecule has 0 radical (unpaired) electrons. The minimum atomic E-state index is -0.190. The summed E-state index contributed by atoms with van der Waals surface area (Å²) in [5, 5.41) is 10.6. The highest BCUT2D eigenvalue weighted by Crippen LogP contribution is 2.43. The van der Waals surface area contributed by atoms with Crippen LogP contribution in [0.1, 0.15) is 39.9 Å². The Hall–Kier alpha value is -2.99. The van der Waals surface area contributed by atoms with Crippen molar-refractivity contribution in [2.45, 2.75) is 26.3 Å². The maximum Gasteiger partial charge on any atom is 0.232 e. The Balaban J connectivity index is 1.75. The van der Waals surface area contributed by atoms with Crippen molar-refractivity contribution in [3.63, 3.8) is 0 Å². The van der Waals surface area contributed by atoms with Gasteiger partial charge in [-0.05, 0) is 68.8 Å². The summed E-state index contributed by atoms with van der Waals surface area (Å²) in [6, 6.07) is 7.03. The summed E-state index contributed by atoms with van der Waals surface area (Å²) in [6.07, 6.45) is 3.96. The van der Waals surface area contributed by atoms with E-state index in [1.165, 1.54) is 0 Å². The first-order chi connectivity index (χ1) is 14.0. The van der Waals surface area contributed by atoms with Crippen molar-refractivity contribution in [2.75, 3.05) is 27.3 Å². The Morgan fingerprint density at radius 2 is 1.93 bits per heavy atom. The Morgan fingerprint density at radius 3 is 2.62 bits per heavy atom. The molecular weight excluding hydrogens is 370 g/mol. The summed E-state index contributed by atoms with van der Waals surface area (Å²) in [5.41, 5.74) is 2.58. The van der Waals surface area contributed by atoms with E-state index in [0.717, 1.165) is 25.9 Å². The highest BCUT2D eigenvalue weighted by molar-refractivity contribution is 6.16. The number of ketones is 1. The maximum atomic E-state index is 13.1. The van der Waals surface area contributed by atoms with Crippen LogP contribution in [0.2, 0.25) is 0 Å². The Morgan fingerprint density at radius 1 is 1.17 bits per heavy atom. The number of hydrogen-bond donors (Lipinski definition) is 1. The van der Waals surface area contributed by atoms with Crippen molar-refractivity contribution in [1.29, 1.82) is 0 Å². The van der Waals surface area contributed by atoms with Gasteiger partial charge in [0.1, 0.15) is 23.0 Å². The van der Waals surface area contributed by atoms with Crippen LogP contribution in [0.5, 0.6) is 23.0 Å². The molecule has 0 aliphatic carbocycles. The zero-order chi connectivity index (χ0) is 20.5. The van der Waals surface area contributed by atoms with Gasteiger partial charge in [0.25, 0.3) is 0 Å². The number of Topliss-reactive ketones (excluding diaryl/α,β-unsaturated/α-hetero) is 1. The highest BCUT2D eigenvalue weighted by atomic mass is 16.5. The topological polar surface area (TPSA) is 68.2 Å². The molecule has 29 heavy (non-hydrogen) atoms. The van der Waals surface area contributed by atoms with Gasteiger partial charge in [-0.1, -0.05) is 0 Å². The molecule has 6 nitrogen and oxygen atoms in total. The van der Waals surface area contributed by atoms with E-state index >= 15 is 0 Å². The summed E-state index contributed by atoms with van der Waals surface area (Å²) in [7, 11) is 3.16. The molecule has 1 saturated heterocycles. The number of carbonyl (C=O) groups is 1. The van der Waals surface area contributed by atoms with Gasteiger partial charge < -0.3 is 19.3 Å². The number of aromatic hydroxyl groups is 1. The number of likely N-dealkylation sites (tertiary alicyclic amines) is 1. The first kappa shape index (κ1) is 19.3. The molecule has 152 valence electrons. The van der Waals surface area contributed by atoms with Crippen molar-refractivity contribution >= 4 is 11.9 Å². The Bertz CT molecular complexity index is 989. The molecule has 2 aliphatic rings. The van der Waals surface area contributed by atoms with Crippen molar-refractivity contribution in [1.82, 2.24) is 4.90 Å². The lowest BCUT2D eigenvalue weighted by Crippen LogP contribution is -2.19. The third-order valence-electron chi connectivity index (χ3n) is 5.52. The molecule has 0 spiro atoms. The second kappa shape index (κ2) is 7.79. The predicted octanol–water partition coefficient (Wildman–Crippen LogP) is 3.93. The molecule has 2 heterocycles. The van der Waals surface area contributed by atoms with E-state index in [1.807, 2.05) is 6.92 Å². The van der Waals surface area contributed by atoms with Crippen LogP contribution < -0.4 is 14.2 Å². The second-order valence-electron chi connectivity index (χ2n) is 7.43. The van der Waals surface area contributed by atoms with Gasteiger partial charge in [0.2, 0.25) is 5.78 Å². The molecule has 2 aromatic rings. The maximum absolute atomic E-state index is 13.1. The number of hydrogen-bond acceptors (Lipinski definition) is 6. The van der Waals surface area contributed by atoms with Gasteiger partial charge in [0, 0.05) is 12.1 Å². The molecule has 0 bridgehead atoms. The molecule has 2 aliphatic heterocycles. The van der Waals surface area contributed by atoms with Gasteiger partial charge in [-0.15, -0.1) is 0 Å². The van der Waals surface area contributed by atoms with E-state index in [9.17, 15) is 9.90 Å². The number of methoxy groups -OCH3 is 2. The van der Waals surface area contributed by atoms with Crippen LogP contribution in [0, 0.1) is 6.92 Å². The number of aryl methyl sites for hydroxylation is 1. The van der Waals surface area contributed by atoms with Crippen LogP contribution in [-0.2, 0) is 6.54 Å². The molecule has 1 fully saturated rings. The van der Waals surface area contributed by atoms with E-state index in [-0.39, 0.29) is 17.3 Å². The molecule has 0 amide bonds. The lowest BCUT2D eigenvalue weighted by molar-refractivity contribution is 0.101. The van der Waals surface area contributed by atoms with Crippen molar-refractivity contribution < 1.29 is 24.1 Å². The summed E-state index contributed by atoms with van der Waals surface area (Å²) in [6.45, 7) is 4.35. The average Bonchev–Trinajstić information content (AvgIpc) is 3.33. The third-order valence-corrected chi connectivity index (χ3v) is 5.52. The van der Waals surface area contributed by atoms with Crippen molar-refractivity contribution in [2.24, 2.45) is 0 Å². The zero-order valence-electron chi connectivity index (χ0n) is 16.9. The van der Waals surface area contributed by atoms with Crippen LogP contribution in [0.15, 0.2) is 30.0 Å². The first-order valence-corrected chi connectivity index (χ1v) is 9.76. The quantitative estimate of drug-likeness (QED) is 0.774. The third kappa shape index (κ3) is 3.56. The fourth-order valence-electron chi connectivity index (χ4n) is 3.99. The van der Waals surface area contributed by atoms with E-state index < -0.39 is 0 Å². The number of phenols is 1. The fourth-order valence-corrected chi connectivity index (χ4v) is 3.99. The largest absolute Gasteiger partial charge is 0.507 e. The molecule has 0 saturated carbocycles. The van der Waals surface area contributed by atoms with Gasteiger partial charge in [-0.25, -0.2) is 0 Å². The second-order valence-corrected chi connectivity index (χ2v) is 7.43. The van der Waals surface area contributed by atoms with E-state index in [4.69, 9.17) is 14.2 Å². The van der Waals surface area contributed by atoms with Gasteiger partial charge in [-0.3, -0.25) is 9.69 Å². The number of benzene rings is 2. The number of carbonyl (C=O) groups excluding carboxylic acids is 1. The molecule has 4 rings (SSSR count). The predicted molar refractivity (Wildman–Crippen MR) is 110 cm³/mol. The van der Waals surface area contributed by atoms with E-state index in [0.29, 0.717) is 46.0 Å². The van der Waals surface area contributed by atoms with Gasteiger partial charge >= 0.3 is 0 Å². The first-order valence-electron chi connectivity index (χ1n) is 9.76. The number of phenolic OH excluding ortho intramolecular Hbond substituents is 1. The van der Waals surface area contributed by atoms with E-state index in [2.05, 4.69) is 4.90 Å². The molecule has 0 aromatic heterocycles. The van der Waals surface area contributed by atoms with Crippen molar-refractivity contribution in [3.8, 4) is 23.0 Å². The fraction of sp³-hybridized carbons (Fsp3) is 0.348. The normalized spacial score (nSPS) is 17.5. The number of allylic oxidation sites excluding steroid dienone is 1. The average molecular weight is 395 g/mol. The van der Waals surface area contributed by atoms with Crippen LogP contribution in [0.3, 0.4) is 0 Å². The summed E-state index contributed by atoms with van der Waals surface area (Å²) in [5.74, 6) is 1.92. The van der Waals surface area contributed by atoms with E-state index in [1.54, 1.807) is 44.6 Å². The van der Waals surface area contributed by atoms with Crippen LogP contribution >= 0.6 is 0 Å². The van der Waals surface area contributed by atoms with Gasteiger partial charge in [0.05, 0.1) is 25.3 Å². The van der Waals surface area contributed by atoms with Crippen LogP contribution in [0.25, 0.3) is 6.08 Å². The Kier molecular flexibility index (Phi) is 5.20. The highest BCUT2D eigenvalue weighted by Gasteiger charge is 2.34. The SMILES string of the molecule is COc1ccc(OC)c(/C=C2\Oc3c(CN4CCCC4)c(O)cc(C)c3C2=O)c1. The monoisotopic (exact) mass is 395 g/mol. The standard InChI is InChI=1S/C23H25NO5/c1-14-10-18(25)17(13-24-8-4-5-9-24)23-21(14)22(26)20(29-23)12-15-11-16(27-2)6-7-19(15)28-3/h6-7,10-12,25H,4-5,8-9,13H2,1-3H3/b20-12-. The molecule has 2 aromatic carbocycles. The minimum absolute atomic E-state index is 0.168. The minimum Gasteiger partial charge on any atom is -0.507 e. The van der Waals surface area contributed by atoms with Gasteiger partial charge in [0.15, 0.2) is 5.76 Å². The lowest BCUT2D eigenvalue weighted by atomic mass is 9.99. The Labute approximate surface area is 170 Å². The molecule has 0 atom stereocenters. The zero-order valence-corrected chi connectivity index (χ0v) is 16.9.